The molecule has 2 rings (SSSR count). The van der Waals surface area contributed by atoms with Gasteiger partial charge in [-0.3, -0.25) is 14.5 Å². The summed E-state index contributed by atoms with van der Waals surface area (Å²) >= 11 is 5.20. The Kier molecular flexibility index (Phi) is 6.39. The number of amides is 2. The molecule has 1 aliphatic carbocycles. The summed E-state index contributed by atoms with van der Waals surface area (Å²) < 4.78 is 5.00. The highest BCUT2D eigenvalue weighted by Gasteiger charge is 2.34. The van der Waals surface area contributed by atoms with Gasteiger partial charge in [-0.05, 0) is 30.6 Å². The summed E-state index contributed by atoms with van der Waals surface area (Å²) in [7, 11) is 1.57. The number of hydrogen-bond donors (Lipinski definition) is 1. The van der Waals surface area contributed by atoms with Crippen LogP contribution in [0.2, 0.25) is 0 Å². The normalized spacial score (nSPS) is 20.0. The number of aliphatic imine (C=N–C) groups is 1. The summed E-state index contributed by atoms with van der Waals surface area (Å²) in [6, 6.07) is 0. The predicted molar refractivity (Wildman–Crippen MR) is 96.8 cm³/mol. The highest BCUT2D eigenvalue weighted by atomic mass is 32.1. The van der Waals surface area contributed by atoms with Crippen molar-refractivity contribution in [2.75, 3.05) is 26.8 Å². The Balaban J connectivity index is 2.08. The van der Waals surface area contributed by atoms with Crippen LogP contribution < -0.4 is 5.32 Å². The lowest BCUT2D eigenvalue weighted by Crippen LogP contribution is -2.47. The van der Waals surface area contributed by atoms with Crippen molar-refractivity contribution < 1.29 is 14.3 Å². The highest BCUT2D eigenvalue weighted by molar-refractivity contribution is 7.80. The molecule has 0 aromatic carbocycles. The molecule has 0 saturated heterocycles. The number of ether oxygens (including phenoxy) is 1. The van der Waals surface area contributed by atoms with E-state index in [1.807, 2.05) is 0 Å². The van der Waals surface area contributed by atoms with Crippen LogP contribution in [0.5, 0.6) is 0 Å². The second kappa shape index (κ2) is 8.30. The van der Waals surface area contributed by atoms with Crippen molar-refractivity contribution in [1.29, 1.82) is 0 Å². The maximum Gasteiger partial charge on any atom is 0.251 e. The van der Waals surface area contributed by atoms with Crippen molar-refractivity contribution in [1.82, 2.24) is 10.2 Å². The molecule has 0 aromatic rings. The van der Waals surface area contributed by atoms with Crippen molar-refractivity contribution in [2.24, 2.45) is 16.8 Å². The monoisotopic (exact) mass is 349 g/mol. The zero-order valence-electron chi connectivity index (χ0n) is 14.2. The summed E-state index contributed by atoms with van der Waals surface area (Å²) in [6.07, 6.45) is 5.95. The standard InChI is InChI=1S/C17H23N3O3S/c1-11(2)6-7-18-15(21)12-4-5-13-14(10-12)19-17(24)20(16(13)22)8-9-23-3/h4-5,10-11,13H,6-9H2,1-3H3,(H,18,21). The van der Waals surface area contributed by atoms with Crippen LogP contribution in [0.1, 0.15) is 20.3 Å². The SMILES string of the molecule is COCCN1C(=O)C2C=CC(C(=O)NCCC(C)C)=CC2=NC1=S. The second-order valence-corrected chi connectivity index (χ2v) is 6.54. The van der Waals surface area contributed by atoms with Crippen molar-refractivity contribution in [2.45, 2.75) is 20.3 Å². The van der Waals surface area contributed by atoms with Gasteiger partial charge in [0.25, 0.3) is 5.91 Å². The van der Waals surface area contributed by atoms with E-state index in [0.717, 1.165) is 6.42 Å². The Labute approximate surface area is 147 Å². The first-order valence-corrected chi connectivity index (χ1v) is 8.45. The van der Waals surface area contributed by atoms with E-state index in [1.54, 1.807) is 25.3 Å². The molecule has 1 heterocycles. The van der Waals surface area contributed by atoms with Gasteiger partial charge in [0.05, 0.1) is 24.8 Å². The fourth-order valence-corrected chi connectivity index (χ4v) is 2.73. The number of nitrogens with one attached hydrogen (secondary N) is 1. The molecule has 1 unspecified atom stereocenters. The largest absolute Gasteiger partial charge is 0.383 e. The van der Waals surface area contributed by atoms with Crippen LogP contribution in [0.3, 0.4) is 0 Å². The molecule has 2 aliphatic rings. The maximum atomic E-state index is 12.5. The number of rotatable bonds is 7. The lowest BCUT2D eigenvalue weighted by Gasteiger charge is -2.30. The molecule has 6 nitrogen and oxygen atoms in total. The smallest absolute Gasteiger partial charge is 0.251 e. The van der Waals surface area contributed by atoms with E-state index in [4.69, 9.17) is 17.0 Å². The Morgan fingerprint density at radius 3 is 2.92 bits per heavy atom. The van der Waals surface area contributed by atoms with Gasteiger partial charge in [-0.1, -0.05) is 26.0 Å². The third-order valence-electron chi connectivity index (χ3n) is 3.87. The van der Waals surface area contributed by atoms with Gasteiger partial charge >= 0.3 is 0 Å². The lowest BCUT2D eigenvalue weighted by molar-refractivity contribution is -0.129. The minimum atomic E-state index is -0.485. The molecule has 2 amide bonds. The zero-order chi connectivity index (χ0) is 17.7. The van der Waals surface area contributed by atoms with Gasteiger partial charge in [0.2, 0.25) is 11.0 Å². The first kappa shape index (κ1) is 18.5. The van der Waals surface area contributed by atoms with Crippen molar-refractivity contribution >= 4 is 34.9 Å². The minimum absolute atomic E-state index is 0.131. The Bertz CT molecular complexity index is 623. The Hall–Kier alpha value is -1.86. The van der Waals surface area contributed by atoms with Crippen molar-refractivity contribution in [3.05, 3.63) is 23.8 Å². The van der Waals surface area contributed by atoms with E-state index in [0.29, 0.717) is 36.9 Å². The number of nitrogens with zero attached hydrogens (tertiary/aromatic N) is 2. The van der Waals surface area contributed by atoms with Gasteiger partial charge in [0.1, 0.15) is 0 Å². The molecular weight excluding hydrogens is 326 g/mol. The van der Waals surface area contributed by atoms with Gasteiger partial charge in [0, 0.05) is 19.2 Å². The van der Waals surface area contributed by atoms with Crippen LogP contribution in [-0.4, -0.2) is 54.3 Å². The van der Waals surface area contributed by atoms with Crippen LogP contribution in [0.25, 0.3) is 0 Å². The van der Waals surface area contributed by atoms with Gasteiger partial charge in [-0.25, -0.2) is 4.99 Å². The average molecular weight is 349 g/mol. The topological polar surface area (TPSA) is 71.0 Å². The van der Waals surface area contributed by atoms with Gasteiger partial charge < -0.3 is 10.1 Å². The van der Waals surface area contributed by atoms with Crippen LogP contribution in [-0.2, 0) is 14.3 Å². The number of allylic oxidation sites excluding steroid dienone is 1. The quantitative estimate of drug-likeness (QED) is 0.707. The zero-order valence-corrected chi connectivity index (χ0v) is 15.1. The first-order valence-electron chi connectivity index (χ1n) is 8.05. The predicted octanol–water partition coefficient (Wildman–Crippen LogP) is 1.48. The van der Waals surface area contributed by atoms with E-state index in [-0.39, 0.29) is 16.9 Å². The summed E-state index contributed by atoms with van der Waals surface area (Å²) in [5.74, 6) is -0.246. The molecule has 130 valence electrons. The molecule has 1 atom stereocenters. The van der Waals surface area contributed by atoms with Crippen LogP contribution in [0, 0.1) is 11.8 Å². The molecule has 0 bridgehead atoms. The number of methoxy groups -OCH3 is 1. The molecule has 24 heavy (non-hydrogen) atoms. The number of thiocarbonyl (C=S) groups is 1. The van der Waals surface area contributed by atoms with Crippen molar-refractivity contribution in [3.63, 3.8) is 0 Å². The lowest BCUT2D eigenvalue weighted by atomic mass is 9.91. The Morgan fingerprint density at radius 1 is 1.50 bits per heavy atom. The fraction of sp³-hybridized carbons (Fsp3) is 0.529. The van der Waals surface area contributed by atoms with E-state index in [9.17, 15) is 9.59 Å². The van der Waals surface area contributed by atoms with Gasteiger partial charge in [-0.2, -0.15) is 0 Å². The number of carbonyl (C=O) groups excluding carboxylic acids is 2. The number of fused-ring (bicyclic) bond motifs is 1. The maximum absolute atomic E-state index is 12.5. The summed E-state index contributed by atoms with van der Waals surface area (Å²) in [5.41, 5.74) is 1.02. The van der Waals surface area contributed by atoms with Crippen molar-refractivity contribution in [3.8, 4) is 0 Å². The molecule has 1 N–H and O–H groups in total. The summed E-state index contributed by atoms with van der Waals surface area (Å²) in [6.45, 7) is 5.61. The molecule has 0 aromatic heterocycles. The van der Waals surface area contributed by atoms with Crippen LogP contribution in [0.4, 0.5) is 0 Å². The van der Waals surface area contributed by atoms with Gasteiger partial charge in [0.15, 0.2) is 0 Å². The Morgan fingerprint density at radius 2 is 2.25 bits per heavy atom. The molecule has 0 radical (unpaired) electrons. The first-order chi connectivity index (χ1) is 11.4. The highest BCUT2D eigenvalue weighted by Crippen LogP contribution is 2.22. The van der Waals surface area contributed by atoms with Gasteiger partial charge in [-0.15, -0.1) is 0 Å². The molecule has 0 spiro atoms. The van der Waals surface area contributed by atoms with E-state index in [2.05, 4.69) is 24.2 Å². The number of hydrogen-bond acceptors (Lipinski definition) is 4. The average Bonchev–Trinajstić information content (AvgIpc) is 2.53. The third kappa shape index (κ3) is 4.36. The molecule has 0 saturated carbocycles. The van der Waals surface area contributed by atoms with E-state index < -0.39 is 5.92 Å². The summed E-state index contributed by atoms with van der Waals surface area (Å²) in [5, 5.41) is 3.10. The number of carbonyl (C=O) groups is 2. The minimum Gasteiger partial charge on any atom is -0.383 e. The van der Waals surface area contributed by atoms with E-state index in [1.165, 1.54) is 4.90 Å². The third-order valence-corrected chi connectivity index (χ3v) is 4.18. The molecule has 1 aliphatic heterocycles. The van der Waals surface area contributed by atoms with Crippen LogP contribution in [0.15, 0.2) is 28.8 Å². The molecule has 7 heteroatoms. The molecule has 0 fully saturated rings. The molecular formula is C17H23N3O3S. The summed E-state index contributed by atoms with van der Waals surface area (Å²) in [4.78, 5) is 30.5. The second-order valence-electron chi connectivity index (χ2n) is 6.18. The van der Waals surface area contributed by atoms with E-state index >= 15 is 0 Å². The fourth-order valence-electron chi connectivity index (χ4n) is 2.45. The van der Waals surface area contributed by atoms with Crippen LogP contribution >= 0.6 is 12.2 Å².